The van der Waals surface area contributed by atoms with Crippen molar-refractivity contribution in [1.82, 2.24) is 5.32 Å². The van der Waals surface area contributed by atoms with Crippen LogP contribution in [0.4, 0.5) is 5.69 Å². The predicted octanol–water partition coefficient (Wildman–Crippen LogP) is 3.21. The molecule has 0 saturated heterocycles. The number of carbonyl (C=O) groups is 3. The molecule has 32 heavy (non-hydrogen) atoms. The summed E-state index contributed by atoms with van der Waals surface area (Å²) in [6, 6.07) is 9.88. The van der Waals surface area contributed by atoms with E-state index >= 15 is 0 Å². The van der Waals surface area contributed by atoms with Gasteiger partial charge >= 0.3 is 0 Å². The SMILES string of the molecule is Cc1ccc(OCC(=O)c2ccc3c(c2)N(C(C)C(=O)NCC2CC2)C(=O)CO3)cc1C. The van der Waals surface area contributed by atoms with Crippen molar-refractivity contribution in [3.63, 3.8) is 0 Å². The highest BCUT2D eigenvalue weighted by Gasteiger charge is 2.34. The molecular formula is C25H28N2O5. The second kappa shape index (κ2) is 9.02. The Morgan fingerprint density at radius 2 is 1.94 bits per heavy atom. The van der Waals surface area contributed by atoms with Gasteiger partial charge in [-0.1, -0.05) is 6.07 Å². The van der Waals surface area contributed by atoms with E-state index in [2.05, 4.69) is 5.32 Å². The number of aryl methyl sites for hydroxylation is 2. The first-order valence-corrected chi connectivity index (χ1v) is 10.9. The molecule has 0 spiro atoms. The van der Waals surface area contributed by atoms with Gasteiger partial charge < -0.3 is 14.8 Å². The number of anilines is 1. The summed E-state index contributed by atoms with van der Waals surface area (Å²) in [6.45, 7) is 6.04. The van der Waals surface area contributed by atoms with Gasteiger partial charge in [0, 0.05) is 12.1 Å². The van der Waals surface area contributed by atoms with Gasteiger partial charge in [0.1, 0.15) is 17.5 Å². The Bertz CT molecular complexity index is 1060. The predicted molar refractivity (Wildman–Crippen MR) is 120 cm³/mol. The average molecular weight is 437 g/mol. The summed E-state index contributed by atoms with van der Waals surface area (Å²) in [5, 5.41) is 2.92. The highest BCUT2D eigenvalue weighted by molar-refractivity contribution is 6.05. The molecule has 2 amide bonds. The first kappa shape index (κ1) is 21.9. The van der Waals surface area contributed by atoms with E-state index in [-0.39, 0.29) is 30.8 Å². The second-order valence-electron chi connectivity index (χ2n) is 8.56. The zero-order valence-electron chi connectivity index (χ0n) is 18.6. The van der Waals surface area contributed by atoms with Gasteiger partial charge in [-0.15, -0.1) is 0 Å². The van der Waals surface area contributed by atoms with Crippen LogP contribution in [0.15, 0.2) is 36.4 Å². The van der Waals surface area contributed by atoms with Crippen molar-refractivity contribution < 1.29 is 23.9 Å². The van der Waals surface area contributed by atoms with Crippen molar-refractivity contribution in [3.8, 4) is 11.5 Å². The molecule has 1 fully saturated rings. The quantitative estimate of drug-likeness (QED) is 0.643. The van der Waals surface area contributed by atoms with E-state index < -0.39 is 6.04 Å². The molecular weight excluding hydrogens is 408 g/mol. The third-order valence-electron chi connectivity index (χ3n) is 6.04. The average Bonchev–Trinajstić information content (AvgIpc) is 3.61. The molecule has 0 aromatic heterocycles. The first-order valence-electron chi connectivity index (χ1n) is 10.9. The number of hydrogen-bond acceptors (Lipinski definition) is 5. The second-order valence-corrected chi connectivity index (χ2v) is 8.56. The number of Topliss-reactive ketones (excluding diaryl/α,β-unsaturated/α-hetero) is 1. The molecule has 2 aliphatic rings. The summed E-state index contributed by atoms with van der Waals surface area (Å²) in [5.41, 5.74) is 3.05. The molecule has 168 valence electrons. The number of ketones is 1. The van der Waals surface area contributed by atoms with Crippen molar-refractivity contribution in [1.29, 1.82) is 0 Å². The molecule has 7 nitrogen and oxygen atoms in total. The van der Waals surface area contributed by atoms with E-state index in [9.17, 15) is 14.4 Å². The number of ether oxygens (including phenoxy) is 2. The van der Waals surface area contributed by atoms with Gasteiger partial charge in [-0.3, -0.25) is 19.3 Å². The van der Waals surface area contributed by atoms with E-state index in [0.717, 1.165) is 24.0 Å². The third-order valence-corrected chi connectivity index (χ3v) is 6.04. The van der Waals surface area contributed by atoms with Gasteiger partial charge in [0.25, 0.3) is 5.91 Å². The van der Waals surface area contributed by atoms with Crippen LogP contribution < -0.4 is 19.7 Å². The summed E-state index contributed by atoms with van der Waals surface area (Å²) < 4.78 is 11.2. The molecule has 1 unspecified atom stereocenters. The largest absolute Gasteiger partial charge is 0.485 e. The van der Waals surface area contributed by atoms with Crippen LogP contribution in [0.25, 0.3) is 0 Å². The first-order chi connectivity index (χ1) is 15.3. The smallest absolute Gasteiger partial charge is 0.265 e. The van der Waals surface area contributed by atoms with Crippen molar-refractivity contribution >= 4 is 23.3 Å². The number of carbonyl (C=O) groups excluding carboxylic acids is 3. The molecule has 1 aliphatic heterocycles. The molecule has 7 heteroatoms. The minimum atomic E-state index is -0.707. The van der Waals surface area contributed by atoms with Crippen LogP contribution in [0.5, 0.6) is 11.5 Å². The number of amides is 2. The minimum absolute atomic E-state index is 0.131. The van der Waals surface area contributed by atoms with Crippen LogP contribution in [-0.4, -0.2) is 43.4 Å². The Balaban J connectivity index is 1.49. The number of nitrogens with zero attached hydrogens (tertiary/aromatic N) is 1. The van der Waals surface area contributed by atoms with Gasteiger partial charge in [0.15, 0.2) is 19.0 Å². The van der Waals surface area contributed by atoms with Gasteiger partial charge in [-0.25, -0.2) is 0 Å². The molecule has 1 aliphatic carbocycles. The topological polar surface area (TPSA) is 84.9 Å². The summed E-state index contributed by atoms with van der Waals surface area (Å²) in [4.78, 5) is 39.4. The summed E-state index contributed by atoms with van der Waals surface area (Å²) in [6.07, 6.45) is 2.26. The van der Waals surface area contributed by atoms with E-state index in [1.54, 1.807) is 25.1 Å². The molecule has 4 rings (SSSR count). The molecule has 1 saturated carbocycles. The van der Waals surface area contributed by atoms with Gasteiger partial charge in [-0.05, 0) is 81.0 Å². The van der Waals surface area contributed by atoms with Crippen molar-refractivity contribution in [3.05, 3.63) is 53.1 Å². The summed E-state index contributed by atoms with van der Waals surface area (Å²) in [5.74, 6) is 0.879. The van der Waals surface area contributed by atoms with Crippen LogP contribution in [0.3, 0.4) is 0 Å². The molecule has 0 bridgehead atoms. The van der Waals surface area contributed by atoms with Crippen LogP contribution in [-0.2, 0) is 9.59 Å². The van der Waals surface area contributed by atoms with Crippen LogP contribution in [0, 0.1) is 19.8 Å². The highest BCUT2D eigenvalue weighted by Crippen LogP contribution is 2.35. The number of rotatable bonds is 8. The fourth-order valence-electron chi connectivity index (χ4n) is 3.64. The van der Waals surface area contributed by atoms with Crippen molar-refractivity contribution in [2.75, 3.05) is 24.7 Å². The Morgan fingerprint density at radius 1 is 1.16 bits per heavy atom. The maximum atomic E-state index is 12.8. The normalized spacial score (nSPS) is 16.1. The molecule has 1 atom stereocenters. The van der Waals surface area contributed by atoms with Crippen molar-refractivity contribution in [2.24, 2.45) is 5.92 Å². The molecule has 2 aromatic carbocycles. The van der Waals surface area contributed by atoms with E-state index in [1.807, 2.05) is 32.0 Å². The summed E-state index contributed by atoms with van der Waals surface area (Å²) in [7, 11) is 0. The molecule has 2 aromatic rings. The number of nitrogens with one attached hydrogen (secondary N) is 1. The Hall–Kier alpha value is -3.35. The zero-order valence-corrected chi connectivity index (χ0v) is 18.6. The Morgan fingerprint density at radius 3 is 2.66 bits per heavy atom. The number of benzene rings is 2. The lowest BCUT2D eigenvalue weighted by Crippen LogP contribution is -2.51. The van der Waals surface area contributed by atoms with Crippen molar-refractivity contribution in [2.45, 2.75) is 39.7 Å². The third kappa shape index (κ3) is 4.77. The van der Waals surface area contributed by atoms with Crippen LogP contribution in [0.1, 0.15) is 41.3 Å². The fraction of sp³-hybridized carbons (Fsp3) is 0.400. The molecule has 1 heterocycles. The van der Waals surface area contributed by atoms with Crippen LogP contribution >= 0.6 is 0 Å². The van der Waals surface area contributed by atoms with Crippen LogP contribution in [0.2, 0.25) is 0 Å². The molecule has 1 N–H and O–H groups in total. The van der Waals surface area contributed by atoms with E-state index in [1.165, 1.54) is 4.90 Å². The Labute approximate surface area is 187 Å². The molecule has 0 radical (unpaired) electrons. The number of fused-ring (bicyclic) bond motifs is 1. The van der Waals surface area contributed by atoms with Gasteiger partial charge in [-0.2, -0.15) is 0 Å². The van der Waals surface area contributed by atoms with Gasteiger partial charge in [0.2, 0.25) is 5.91 Å². The number of hydrogen-bond donors (Lipinski definition) is 1. The zero-order chi connectivity index (χ0) is 22.8. The lowest BCUT2D eigenvalue weighted by atomic mass is 10.1. The van der Waals surface area contributed by atoms with Gasteiger partial charge in [0.05, 0.1) is 5.69 Å². The summed E-state index contributed by atoms with van der Waals surface area (Å²) >= 11 is 0. The monoisotopic (exact) mass is 436 g/mol. The maximum absolute atomic E-state index is 12.8. The fourth-order valence-corrected chi connectivity index (χ4v) is 3.64. The maximum Gasteiger partial charge on any atom is 0.265 e. The highest BCUT2D eigenvalue weighted by atomic mass is 16.5. The van der Waals surface area contributed by atoms with E-state index in [4.69, 9.17) is 9.47 Å². The minimum Gasteiger partial charge on any atom is -0.485 e. The Kier molecular flexibility index (Phi) is 6.17. The van der Waals surface area contributed by atoms with E-state index in [0.29, 0.717) is 35.2 Å². The lowest BCUT2D eigenvalue weighted by molar-refractivity contribution is -0.127. The lowest BCUT2D eigenvalue weighted by Gasteiger charge is -2.33. The standard InChI is InChI=1S/C25H28N2O5/c1-15-4-8-20(10-16(15)2)31-13-22(28)19-7-9-23-21(11-19)27(24(29)14-32-23)17(3)25(30)26-12-18-5-6-18/h4,7-11,17-18H,5-6,12-14H2,1-3H3,(H,26,30).